The van der Waals surface area contributed by atoms with Gasteiger partial charge in [0.1, 0.15) is 6.54 Å². The molecule has 1 amide bonds. The average Bonchev–Trinajstić information content (AvgIpc) is 2.73. The van der Waals surface area contributed by atoms with Gasteiger partial charge in [-0.25, -0.2) is 8.42 Å². The number of rotatable bonds is 11. The second kappa shape index (κ2) is 11.0. The summed E-state index contributed by atoms with van der Waals surface area (Å²) < 4.78 is 27.7. The van der Waals surface area contributed by atoms with Crippen LogP contribution in [0.1, 0.15) is 45.1 Å². The number of carbonyl (C=O) groups excluding carboxylic acids is 1. The van der Waals surface area contributed by atoms with Crippen molar-refractivity contribution in [3.8, 4) is 0 Å². The lowest BCUT2D eigenvalue weighted by Crippen LogP contribution is -2.42. The molecule has 0 bridgehead atoms. The molecule has 0 heterocycles. The topological polar surface area (TPSA) is 66.5 Å². The Bertz CT molecular complexity index is 865. The Labute approximate surface area is 175 Å². The summed E-state index contributed by atoms with van der Waals surface area (Å²) in [6, 6.07) is 15.4. The Morgan fingerprint density at radius 1 is 1.03 bits per heavy atom. The van der Waals surface area contributed by atoms with Crippen LogP contribution in [0.5, 0.6) is 0 Å². The van der Waals surface area contributed by atoms with Crippen molar-refractivity contribution in [3.05, 3.63) is 60.2 Å². The number of sulfonamides is 1. The fourth-order valence-corrected chi connectivity index (χ4v) is 4.58. The van der Waals surface area contributed by atoms with Crippen molar-refractivity contribution in [3.63, 3.8) is 0 Å². The zero-order valence-corrected chi connectivity index (χ0v) is 18.4. The maximum Gasteiger partial charge on any atom is 0.264 e. The molecule has 0 radical (unpaired) electrons. The molecule has 0 fully saturated rings. The average molecular weight is 417 g/mol. The van der Waals surface area contributed by atoms with Crippen LogP contribution in [0, 0.1) is 12.8 Å². The molecule has 2 aromatic rings. The van der Waals surface area contributed by atoms with Crippen LogP contribution in [-0.4, -0.2) is 27.4 Å². The third-order valence-electron chi connectivity index (χ3n) is 5.07. The summed E-state index contributed by atoms with van der Waals surface area (Å²) in [5.74, 6) is 0.123. The lowest BCUT2D eigenvalue weighted by Gasteiger charge is -2.25. The molecule has 0 aliphatic carbocycles. The molecular formula is C23H32N2O3S. The smallest absolute Gasteiger partial charge is 0.264 e. The third-order valence-corrected chi connectivity index (χ3v) is 6.86. The molecule has 6 heteroatoms. The summed E-state index contributed by atoms with van der Waals surface area (Å²) in [6.45, 7) is 6.53. The van der Waals surface area contributed by atoms with Gasteiger partial charge in [-0.3, -0.25) is 9.10 Å². The molecule has 0 aromatic heterocycles. The zero-order chi connectivity index (χ0) is 21.3. The molecule has 2 rings (SSSR count). The number of hydrogen-bond acceptors (Lipinski definition) is 3. The molecule has 0 unspecified atom stereocenters. The number of nitrogens with zero attached hydrogens (tertiary/aromatic N) is 1. The molecule has 2 aromatic carbocycles. The number of unbranched alkanes of at least 4 members (excludes halogenated alkanes) is 1. The van der Waals surface area contributed by atoms with E-state index in [-0.39, 0.29) is 17.3 Å². The van der Waals surface area contributed by atoms with Crippen molar-refractivity contribution in [2.75, 3.05) is 17.4 Å². The van der Waals surface area contributed by atoms with E-state index in [1.165, 1.54) is 4.31 Å². The van der Waals surface area contributed by atoms with E-state index in [0.717, 1.165) is 31.2 Å². The van der Waals surface area contributed by atoms with Gasteiger partial charge in [-0.1, -0.05) is 69.0 Å². The van der Waals surface area contributed by atoms with E-state index < -0.39 is 10.0 Å². The number of hydrogen-bond donors (Lipinski definition) is 1. The summed E-state index contributed by atoms with van der Waals surface area (Å²) in [5.41, 5.74) is 1.50. The Balaban J connectivity index is 2.20. The van der Waals surface area contributed by atoms with E-state index in [1.807, 2.05) is 19.1 Å². The molecule has 0 aliphatic heterocycles. The first kappa shape index (κ1) is 22.9. The first-order chi connectivity index (χ1) is 13.9. The van der Waals surface area contributed by atoms with Crippen molar-refractivity contribution in [2.45, 2.75) is 51.3 Å². The highest BCUT2D eigenvalue weighted by Crippen LogP contribution is 2.24. The van der Waals surface area contributed by atoms with Gasteiger partial charge in [-0.15, -0.1) is 0 Å². The van der Waals surface area contributed by atoms with Crippen molar-refractivity contribution >= 4 is 21.6 Å². The van der Waals surface area contributed by atoms with Crippen LogP contribution in [0.4, 0.5) is 5.69 Å². The standard InChI is InChI=1S/C23H32N2O3S/c1-4-6-10-20(5-2)17-24-23(26)18-25(21-15-13-19(3)14-16-21)29(27,28)22-11-8-7-9-12-22/h7-9,11-16,20H,4-6,10,17-18H2,1-3H3,(H,24,26)/t20-/m1/s1. The van der Waals surface area contributed by atoms with E-state index in [1.54, 1.807) is 42.5 Å². The summed E-state index contributed by atoms with van der Waals surface area (Å²) >= 11 is 0. The molecule has 5 nitrogen and oxygen atoms in total. The van der Waals surface area contributed by atoms with Crippen molar-refractivity contribution in [2.24, 2.45) is 5.92 Å². The van der Waals surface area contributed by atoms with Crippen molar-refractivity contribution in [1.82, 2.24) is 5.32 Å². The largest absolute Gasteiger partial charge is 0.354 e. The van der Waals surface area contributed by atoms with Gasteiger partial charge in [0.15, 0.2) is 0 Å². The van der Waals surface area contributed by atoms with E-state index >= 15 is 0 Å². The predicted molar refractivity (Wildman–Crippen MR) is 118 cm³/mol. The van der Waals surface area contributed by atoms with Gasteiger partial charge < -0.3 is 5.32 Å². The Morgan fingerprint density at radius 2 is 1.69 bits per heavy atom. The summed E-state index contributed by atoms with van der Waals surface area (Å²) in [4.78, 5) is 12.8. The Morgan fingerprint density at radius 3 is 2.28 bits per heavy atom. The normalized spacial score (nSPS) is 12.4. The van der Waals surface area contributed by atoms with Crippen LogP contribution in [0.2, 0.25) is 0 Å². The fraction of sp³-hybridized carbons (Fsp3) is 0.435. The zero-order valence-electron chi connectivity index (χ0n) is 17.6. The van der Waals surface area contributed by atoms with Gasteiger partial charge in [-0.2, -0.15) is 0 Å². The summed E-state index contributed by atoms with van der Waals surface area (Å²) in [5, 5.41) is 2.93. The number of amides is 1. The molecule has 0 saturated carbocycles. The number of anilines is 1. The minimum Gasteiger partial charge on any atom is -0.354 e. The molecule has 1 atom stereocenters. The maximum atomic E-state index is 13.2. The number of aryl methyl sites for hydroxylation is 1. The van der Waals surface area contributed by atoms with E-state index in [9.17, 15) is 13.2 Å². The Kier molecular flexibility index (Phi) is 8.70. The minimum absolute atomic E-state index is 0.169. The molecule has 29 heavy (non-hydrogen) atoms. The highest BCUT2D eigenvalue weighted by Gasteiger charge is 2.27. The Hall–Kier alpha value is -2.34. The molecule has 0 spiro atoms. The quantitative estimate of drug-likeness (QED) is 0.585. The molecule has 158 valence electrons. The first-order valence-corrected chi connectivity index (χ1v) is 11.7. The van der Waals surface area contributed by atoms with Crippen molar-refractivity contribution < 1.29 is 13.2 Å². The monoisotopic (exact) mass is 416 g/mol. The highest BCUT2D eigenvalue weighted by atomic mass is 32.2. The van der Waals surface area contributed by atoms with Crippen LogP contribution in [0.15, 0.2) is 59.5 Å². The SMILES string of the molecule is CCCC[C@@H](CC)CNC(=O)CN(c1ccc(C)cc1)S(=O)(=O)c1ccccc1. The van der Waals surface area contributed by atoms with Gasteiger partial charge in [0.2, 0.25) is 5.91 Å². The molecule has 0 aliphatic rings. The third kappa shape index (κ3) is 6.60. The van der Waals surface area contributed by atoms with Crippen LogP contribution in [0.3, 0.4) is 0 Å². The maximum absolute atomic E-state index is 13.2. The van der Waals surface area contributed by atoms with Gasteiger partial charge in [0, 0.05) is 6.54 Å². The number of carbonyl (C=O) groups is 1. The lowest BCUT2D eigenvalue weighted by atomic mass is 9.99. The van der Waals surface area contributed by atoms with E-state index in [4.69, 9.17) is 0 Å². The minimum atomic E-state index is -3.85. The first-order valence-electron chi connectivity index (χ1n) is 10.3. The fourth-order valence-electron chi connectivity index (χ4n) is 3.13. The summed E-state index contributed by atoms with van der Waals surface area (Å²) in [7, 11) is -3.85. The predicted octanol–water partition coefficient (Wildman–Crippen LogP) is 4.52. The lowest BCUT2D eigenvalue weighted by molar-refractivity contribution is -0.119. The van der Waals surface area contributed by atoms with Gasteiger partial charge in [0.25, 0.3) is 10.0 Å². The van der Waals surface area contributed by atoms with Crippen molar-refractivity contribution in [1.29, 1.82) is 0 Å². The molecular weight excluding hydrogens is 384 g/mol. The second-order valence-electron chi connectivity index (χ2n) is 7.38. The molecule has 0 saturated heterocycles. The number of benzene rings is 2. The highest BCUT2D eigenvalue weighted by molar-refractivity contribution is 7.92. The van der Waals surface area contributed by atoms with Crippen LogP contribution in [0.25, 0.3) is 0 Å². The number of nitrogens with one attached hydrogen (secondary N) is 1. The van der Waals surface area contributed by atoms with Gasteiger partial charge in [-0.05, 0) is 43.5 Å². The van der Waals surface area contributed by atoms with Crippen LogP contribution < -0.4 is 9.62 Å². The molecule has 1 N–H and O–H groups in total. The van der Waals surface area contributed by atoms with Crippen LogP contribution >= 0.6 is 0 Å². The van der Waals surface area contributed by atoms with Gasteiger partial charge >= 0.3 is 0 Å². The van der Waals surface area contributed by atoms with Gasteiger partial charge in [0.05, 0.1) is 10.6 Å². The summed E-state index contributed by atoms with van der Waals surface area (Å²) in [6.07, 6.45) is 4.31. The van der Waals surface area contributed by atoms with E-state index in [0.29, 0.717) is 18.2 Å². The van der Waals surface area contributed by atoms with Crippen LogP contribution in [-0.2, 0) is 14.8 Å². The van der Waals surface area contributed by atoms with E-state index in [2.05, 4.69) is 19.2 Å². The second-order valence-corrected chi connectivity index (χ2v) is 9.24.